The minimum Gasteiger partial charge on any atom is -0.378 e. The fourth-order valence-electron chi connectivity index (χ4n) is 4.60. The average Bonchev–Trinajstić information content (AvgIpc) is 2.97. The van der Waals surface area contributed by atoms with Crippen molar-refractivity contribution in [2.45, 2.75) is 12.8 Å². The van der Waals surface area contributed by atoms with Crippen LogP contribution in [0.25, 0.3) is 0 Å². The Morgan fingerprint density at radius 1 is 0.650 bits per heavy atom. The first kappa shape index (κ1) is 27.7. The summed E-state index contributed by atoms with van der Waals surface area (Å²) in [5.41, 5.74) is 4.76. The highest BCUT2D eigenvalue weighted by Gasteiger charge is 2.15. The van der Waals surface area contributed by atoms with Gasteiger partial charge in [-0.05, 0) is 47.5 Å². The van der Waals surface area contributed by atoms with Gasteiger partial charge in [-0.25, -0.2) is 4.98 Å². The number of ketones is 3. The van der Waals surface area contributed by atoms with Gasteiger partial charge in [-0.15, -0.1) is 0 Å². The molecule has 202 valence electrons. The number of hydrogen-bond donors (Lipinski definition) is 0. The van der Waals surface area contributed by atoms with Crippen molar-refractivity contribution in [3.63, 3.8) is 0 Å². The summed E-state index contributed by atoms with van der Waals surface area (Å²) in [7, 11) is 0. The van der Waals surface area contributed by atoms with E-state index in [-0.39, 0.29) is 40.5 Å². The van der Waals surface area contributed by atoms with Gasteiger partial charge in [0.05, 0.1) is 13.2 Å². The predicted molar refractivity (Wildman–Crippen MR) is 156 cm³/mol. The predicted octanol–water partition coefficient (Wildman–Crippen LogP) is 6.31. The maximum absolute atomic E-state index is 13.0. The summed E-state index contributed by atoms with van der Waals surface area (Å²) in [4.78, 5) is 44.5. The Labute approximate surface area is 242 Å². The van der Waals surface area contributed by atoms with Gasteiger partial charge in [0, 0.05) is 53.9 Å². The highest BCUT2D eigenvalue weighted by molar-refractivity contribution is 6.33. The van der Waals surface area contributed by atoms with E-state index in [4.69, 9.17) is 27.9 Å². The summed E-state index contributed by atoms with van der Waals surface area (Å²) in [6.07, 6.45) is 0.395. The van der Waals surface area contributed by atoms with Crippen LogP contribution in [0.2, 0.25) is 10.3 Å². The quantitative estimate of drug-likeness (QED) is 0.173. The Bertz CT molecular complexity index is 1510. The number of halogens is 2. The second kappa shape index (κ2) is 12.6. The van der Waals surface area contributed by atoms with Crippen molar-refractivity contribution in [2.75, 3.05) is 31.2 Å². The number of rotatable bonds is 9. The maximum atomic E-state index is 13.0. The lowest BCUT2D eigenvalue weighted by Crippen LogP contribution is -2.36. The van der Waals surface area contributed by atoms with Crippen molar-refractivity contribution in [2.24, 2.45) is 0 Å². The van der Waals surface area contributed by atoms with Gasteiger partial charge in [-0.1, -0.05) is 71.7 Å². The van der Waals surface area contributed by atoms with Crippen molar-refractivity contribution >= 4 is 46.2 Å². The largest absolute Gasteiger partial charge is 0.378 e. The molecule has 1 saturated heterocycles. The average molecular weight is 573 g/mol. The number of carbonyl (C=O) groups is 3. The number of aromatic nitrogens is 1. The maximum Gasteiger partial charge on any atom is 0.193 e. The van der Waals surface area contributed by atoms with Crippen LogP contribution < -0.4 is 4.90 Å². The molecule has 0 aliphatic carbocycles. The van der Waals surface area contributed by atoms with Crippen LogP contribution in [0.15, 0.2) is 84.9 Å². The van der Waals surface area contributed by atoms with E-state index in [9.17, 15) is 14.4 Å². The van der Waals surface area contributed by atoms with Crippen LogP contribution in [-0.2, 0) is 17.6 Å². The summed E-state index contributed by atoms with van der Waals surface area (Å²) >= 11 is 11.8. The molecule has 1 fully saturated rings. The van der Waals surface area contributed by atoms with Crippen LogP contribution >= 0.6 is 23.2 Å². The number of hydrogen-bond acceptors (Lipinski definition) is 6. The van der Waals surface area contributed by atoms with Crippen LogP contribution in [0, 0.1) is 0 Å². The van der Waals surface area contributed by atoms with Crippen LogP contribution in [0.5, 0.6) is 0 Å². The van der Waals surface area contributed by atoms with E-state index in [0.29, 0.717) is 35.5 Å². The van der Waals surface area contributed by atoms with E-state index in [2.05, 4.69) is 9.88 Å². The van der Waals surface area contributed by atoms with E-state index in [0.717, 1.165) is 29.9 Å². The van der Waals surface area contributed by atoms with E-state index >= 15 is 0 Å². The number of anilines is 1. The standard InChI is InChI=1S/C32H26Cl2N2O4/c33-30-19-26(20-31(34)35-30)29(38)18-22-3-7-25(8-4-22)32(39)24-5-1-21(2-6-24)17-28(37)23-9-11-27(12-10-23)36-13-15-40-16-14-36/h1-12,19-20H,13-18H2. The number of pyridine rings is 1. The highest BCUT2D eigenvalue weighted by atomic mass is 35.5. The molecule has 0 N–H and O–H groups in total. The molecule has 0 saturated carbocycles. The molecular weight excluding hydrogens is 547 g/mol. The SMILES string of the molecule is O=C(Cc1ccc(C(=O)c2ccc(CC(=O)c3cc(Cl)nc(Cl)c3)cc2)cc1)c1ccc(N2CCOCC2)cc1. The normalized spacial score (nSPS) is 13.2. The molecule has 3 aromatic carbocycles. The molecule has 8 heteroatoms. The second-order valence-corrected chi connectivity index (χ2v) is 10.3. The van der Waals surface area contributed by atoms with E-state index in [1.54, 1.807) is 36.4 Å². The summed E-state index contributed by atoms with van der Waals surface area (Å²) in [5, 5.41) is 0.315. The molecule has 1 aliphatic rings. The molecule has 0 amide bonds. The minimum absolute atomic E-state index is 0.0223. The Balaban J connectivity index is 1.18. The van der Waals surface area contributed by atoms with Crippen molar-refractivity contribution in [3.8, 4) is 0 Å². The summed E-state index contributed by atoms with van der Waals surface area (Å²) in [6, 6.07) is 24.7. The van der Waals surface area contributed by atoms with Crippen LogP contribution in [-0.4, -0.2) is 48.6 Å². The lowest BCUT2D eigenvalue weighted by Gasteiger charge is -2.28. The zero-order valence-electron chi connectivity index (χ0n) is 21.6. The lowest BCUT2D eigenvalue weighted by molar-refractivity contribution is 0.0984. The first-order valence-electron chi connectivity index (χ1n) is 12.9. The molecule has 0 unspecified atom stereocenters. The fourth-order valence-corrected chi connectivity index (χ4v) is 5.06. The molecule has 1 aliphatic heterocycles. The van der Waals surface area contributed by atoms with E-state index < -0.39 is 0 Å². The van der Waals surface area contributed by atoms with Gasteiger partial charge in [0.25, 0.3) is 0 Å². The van der Waals surface area contributed by atoms with E-state index in [1.807, 2.05) is 36.4 Å². The number of benzene rings is 3. The third-order valence-corrected chi connectivity index (χ3v) is 7.20. The topological polar surface area (TPSA) is 76.6 Å². The van der Waals surface area contributed by atoms with Crippen molar-refractivity contribution in [3.05, 3.63) is 129 Å². The number of ether oxygens (including phenoxy) is 1. The Hall–Kier alpha value is -3.84. The second-order valence-electron chi connectivity index (χ2n) is 9.57. The molecule has 40 heavy (non-hydrogen) atoms. The van der Waals surface area contributed by atoms with Crippen LogP contribution in [0.4, 0.5) is 5.69 Å². The highest BCUT2D eigenvalue weighted by Crippen LogP contribution is 2.20. The molecule has 1 aromatic heterocycles. The van der Waals surface area contributed by atoms with Crippen molar-refractivity contribution in [1.82, 2.24) is 4.98 Å². The number of nitrogens with zero attached hydrogens (tertiary/aromatic N) is 2. The van der Waals surface area contributed by atoms with Crippen LogP contribution in [0.1, 0.15) is 47.8 Å². The minimum atomic E-state index is -0.150. The van der Waals surface area contributed by atoms with Gasteiger partial charge in [-0.2, -0.15) is 0 Å². The molecule has 4 aromatic rings. The van der Waals surface area contributed by atoms with Crippen molar-refractivity contribution in [1.29, 1.82) is 0 Å². The smallest absolute Gasteiger partial charge is 0.193 e. The summed E-state index contributed by atoms with van der Waals surface area (Å²) in [5.74, 6) is -0.264. The Morgan fingerprint density at radius 3 is 1.60 bits per heavy atom. The lowest BCUT2D eigenvalue weighted by atomic mass is 9.97. The van der Waals surface area contributed by atoms with Gasteiger partial charge in [0.2, 0.25) is 0 Å². The fraction of sp³-hybridized carbons (Fsp3) is 0.188. The van der Waals surface area contributed by atoms with Crippen molar-refractivity contribution < 1.29 is 19.1 Å². The molecule has 0 spiro atoms. The molecule has 5 rings (SSSR count). The first-order valence-corrected chi connectivity index (χ1v) is 13.7. The zero-order chi connectivity index (χ0) is 28.1. The summed E-state index contributed by atoms with van der Waals surface area (Å²) < 4.78 is 5.40. The third-order valence-electron chi connectivity index (χ3n) is 6.81. The Kier molecular flexibility index (Phi) is 8.70. The van der Waals surface area contributed by atoms with Crippen LogP contribution in [0.3, 0.4) is 0 Å². The third kappa shape index (κ3) is 6.83. The number of carbonyl (C=O) groups excluding carboxylic acids is 3. The number of morpholine rings is 1. The van der Waals surface area contributed by atoms with Gasteiger partial charge in [0.15, 0.2) is 17.3 Å². The molecule has 0 bridgehead atoms. The van der Waals surface area contributed by atoms with Gasteiger partial charge in [-0.3, -0.25) is 14.4 Å². The molecular formula is C32H26Cl2N2O4. The monoisotopic (exact) mass is 572 g/mol. The van der Waals surface area contributed by atoms with Gasteiger partial charge >= 0.3 is 0 Å². The molecule has 0 atom stereocenters. The zero-order valence-corrected chi connectivity index (χ0v) is 23.1. The molecule has 6 nitrogen and oxygen atoms in total. The Morgan fingerprint density at radius 2 is 1.10 bits per heavy atom. The van der Waals surface area contributed by atoms with E-state index in [1.165, 1.54) is 12.1 Å². The number of Topliss-reactive ketones (excluding diaryl/α,β-unsaturated/α-hetero) is 2. The van der Waals surface area contributed by atoms with Gasteiger partial charge < -0.3 is 9.64 Å². The molecule has 2 heterocycles. The first-order chi connectivity index (χ1) is 19.4. The van der Waals surface area contributed by atoms with Gasteiger partial charge in [0.1, 0.15) is 10.3 Å². The molecule has 0 radical (unpaired) electrons. The summed E-state index contributed by atoms with van der Waals surface area (Å²) in [6.45, 7) is 3.12.